The molecule has 6 heteroatoms. The number of aromatic nitrogens is 1. The molecule has 152 valence electrons. The predicted molar refractivity (Wildman–Crippen MR) is 108 cm³/mol. The van der Waals surface area contributed by atoms with Crippen molar-refractivity contribution in [1.82, 2.24) is 20.1 Å². The van der Waals surface area contributed by atoms with Gasteiger partial charge in [0, 0.05) is 49.6 Å². The number of nitrogens with one attached hydrogen (secondary N) is 1. The zero-order valence-corrected chi connectivity index (χ0v) is 16.7. The topological polar surface area (TPSA) is 65.5 Å². The molecule has 1 unspecified atom stereocenters. The highest BCUT2D eigenvalue weighted by atomic mass is 16.2. The van der Waals surface area contributed by atoms with Crippen LogP contribution in [0.25, 0.3) is 0 Å². The van der Waals surface area contributed by atoms with E-state index in [9.17, 15) is 9.59 Å². The molecule has 0 aromatic carbocycles. The second-order valence-corrected chi connectivity index (χ2v) is 8.74. The molecular weight excluding hydrogens is 352 g/mol. The largest absolute Gasteiger partial charge is 0.354 e. The van der Waals surface area contributed by atoms with E-state index in [-0.39, 0.29) is 23.1 Å². The van der Waals surface area contributed by atoms with E-state index in [0.717, 1.165) is 45.3 Å². The van der Waals surface area contributed by atoms with Gasteiger partial charge in [-0.2, -0.15) is 0 Å². The zero-order valence-electron chi connectivity index (χ0n) is 16.7. The van der Waals surface area contributed by atoms with Crippen molar-refractivity contribution in [1.29, 1.82) is 0 Å². The summed E-state index contributed by atoms with van der Waals surface area (Å²) in [5.41, 5.74) is 0.620. The Balaban J connectivity index is 1.42. The number of hydrogen-bond donors (Lipinski definition) is 1. The van der Waals surface area contributed by atoms with Gasteiger partial charge >= 0.3 is 0 Å². The van der Waals surface area contributed by atoms with Gasteiger partial charge in [0.2, 0.25) is 5.91 Å². The molecule has 1 aliphatic carbocycles. The van der Waals surface area contributed by atoms with Crippen LogP contribution >= 0.6 is 0 Å². The summed E-state index contributed by atoms with van der Waals surface area (Å²) in [7, 11) is 0. The number of pyridine rings is 1. The summed E-state index contributed by atoms with van der Waals surface area (Å²) in [6.45, 7) is 5.19. The zero-order chi connectivity index (χ0) is 19.4. The molecule has 0 radical (unpaired) electrons. The van der Waals surface area contributed by atoms with Crippen molar-refractivity contribution in [3.63, 3.8) is 0 Å². The Labute approximate surface area is 167 Å². The lowest BCUT2D eigenvalue weighted by molar-refractivity contribution is -0.128. The minimum Gasteiger partial charge on any atom is -0.354 e. The van der Waals surface area contributed by atoms with Crippen LogP contribution in [0.5, 0.6) is 0 Å². The van der Waals surface area contributed by atoms with Gasteiger partial charge in [-0.3, -0.25) is 14.6 Å². The van der Waals surface area contributed by atoms with Gasteiger partial charge in [0.05, 0.1) is 5.92 Å². The molecule has 3 fully saturated rings. The highest BCUT2D eigenvalue weighted by molar-refractivity contribution is 5.95. The van der Waals surface area contributed by atoms with E-state index in [4.69, 9.17) is 0 Å². The Morgan fingerprint density at radius 1 is 1.07 bits per heavy atom. The van der Waals surface area contributed by atoms with E-state index in [0.29, 0.717) is 25.2 Å². The fourth-order valence-electron chi connectivity index (χ4n) is 5.39. The van der Waals surface area contributed by atoms with E-state index in [2.05, 4.69) is 15.2 Å². The van der Waals surface area contributed by atoms with E-state index < -0.39 is 0 Å². The van der Waals surface area contributed by atoms with Crippen molar-refractivity contribution < 1.29 is 9.59 Å². The number of nitrogens with zero attached hydrogens (tertiary/aromatic N) is 3. The van der Waals surface area contributed by atoms with Crippen LogP contribution in [-0.4, -0.2) is 65.9 Å². The van der Waals surface area contributed by atoms with E-state index >= 15 is 0 Å². The third-order valence-electron chi connectivity index (χ3n) is 6.95. The SMILES string of the molecule is O=C(NCCN1CCCC1)C1CN(C(=O)c2ccncc2)CC12CCCCC2. The van der Waals surface area contributed by atoms with Gasteiger partial charge in [0.25, 0.3) is 5.91 Å². The maximum atomic E-state index is 13.1. The van der Waals surface area contributed by atoms with Crippen LogP contribution in [0.3, 0.4) is 0 Å². The molecule has 28 heavy (non-hydrogen) atoms. The maximum absolute atomic E-state index is 13.1. The number of carbonyl (C=O) groups is 2. The first-order chi connectivity index (χ1) is 13.7. The molecule has 4 rings (SSSR count). The first-order valence-corrected chi connectivity index (χ1v) is 10.9. The average molecular weight is 385 g/mol. The molecule has 1 saturated carbocycles. The smallest absolute Gasteiger partial charge is 0.254 e. The monoisotopic (exact) mass is 384 g/mol. The van der Waals surface area contributed by atoms with Crippen molar-refractivity contribution in [2.24, 2.45) is 11.3 Å². The summed E-state index contributed by atoms with van der Waals surface area (Å²) >= 11 is 0. The Kier molecular flexibility index (Phi) is 5.95. The Morgan fingerprint density at radius 3 is 2.50 bits per heavy atom. The predicted octanol–water partition coefficient (Wildman–Crippen LogP) is 2.32. The van der Waals surface area contributed by atoms with Crippen LogP contribution in [0.4, 0.5) is 0 Å². The molecule has 2 amide bonds. The van der Waals surface area contributed by atoms with E-state index in [1.165, 1.54) is 19.3 Å². The first-order valence-electron chi connectivity index (χ1n) is 10.9. The van der Waals surface area contributed by atoms with Crippen LogP contribution in [0.1, 0.15) is 55.3 Å². The third kappa shape index (κ3) is 4.07. The average Bonchev–Trinajstić information content (AvgIpc) is 3.37. The van der Waals surface area contributed by atoms with Crippen LogP contribution in [0.2, 0.25) is 0 Å². The number of carbonyl (C=O) groups excluding carboxylic acids is 2. The van der Waals surface area contributed by atoms with Gasteiger partial charge in [-0.1, -0.05) is 19.3 Å². The van der Waals surface area contributed by atoms with Gasteiger partial charge in [0.15, 0.2) is 0 Å². The Morgan fingerprint density at radius 2 is 1.79 bits per heavy atom. The lowest BCUT2D eigenvalue weighted by Gasteiger charge is -2.37. The number of likely N-dealkylation sites (tertiary alicyclic amines) is 2. The maximum Gasteiger partial charge on any atom is 0.254 e. The highest BCUT2D eigenvalue weighted by Crippen LogP contribution is 2.47. The third-order valence-corrected chi connectivity index (χ3v) is 6.95. The summed E-state index contributed by atoms with van der Waals surface area (Å²) in [5, 5.41) is 3.19. The number of rotatable bonds is 5. The summed E-state index contributed by atoms with van der Waals surface area (Å²) in [5.74, 6) is 0.0861. The van der Waals surface area contributed by atoms with Crippen molar-refractivity contribution in [2.45, 2.75) is 44.9 Å². The standard InChI is InChI=1S/C22H32N4O2/c27-20(24-12-15-25-13-4-5-14-25)19-16-26(17-22(19)8-2-1-3-9-22)21(28)18-6-10-23-11-7-18/h6-7,10-11,19H,1-5,8-9,12-17H2,(H,24,27). The summed E-state index contributed by atoms with van der Waals surface area (Å²) in [4.78, 5) is 34.4. The van der Waals surface area contributed by atoms with Crippen molar-refractivity contribution >= 4 is 11.8 Å². The molecule has 3 aliphatic rings. The molecule has 1 aromatic rings. The summed E-state index contributed by atoms with van der Waals surface area (Å²) in [6, 6.07) is 3.53. The Bertz CT molecular complexity index is 681. The lowest BCUT2D eigenvalue weighted by atomic mass is 9.67. The molecule has 2 aliphatic heterocycles. The fourth-order valence-corrected chi connectivity index (χ4v) is 5.39. The van der Waals surface area contributed by atoms with Crippen LogP contribution in [-0.2, 0) is 4.79 Å². The molecule has 3 heterocycles. The second kappa shape index (κ2) is 8.60. The van der Waals surface area contributed by atoms with Crippen molar-refractivity contribution in [3.8, 4) is 0 Å². The number of hydrogen-bond acceptors (Lipinski definition) is 4. The molecule has 2 saturated heterocycles. The quantitative estimate of drug-likeness (QED) is 0.846. The van der Waals surface area contributed by atoms with Crippen molar-refractivity contribution in [2.75, 3.05) is 39.3 Å². The Hall–Kier alpha value is -1.95. The molecule has 1 N–H and O–H groups in total. The van der Waals surface area contributed by atoms with Gasteiger partial charge in [0.1, 0.15) is 0 Å². The second-order valence-electron chi connectivity index (χ2n) is 8.74. The van der Waals surface area contributed by atoms with Gasteiger partial charge in [-0.05, 0) is 50.9 Å². The van der Waals surface area contributed by atoms with Crippen LogP contribution in [0.15, 0.2) is 24.5 Å². The molecule has 1 aromatic heterocycles. The molecular formula is C22H32N4O2. The fraction of sp³-hybridized carbons (Fsp3) is 0.682. The minimum absolute atomic E-state index is 0.0275. The van der Waals surface area contributed by atoms with Crippen LogP contribution in [0, 0.1) is 11.3 Å². The first kappa shape index (κ1) is 19.4. The molecule has 6 nitrogen and oxygen atoms in total. The number of amides is 2. The van der Waals surface area contributed by atoms with Crippen LogP contribution < -0.4 is 5.32 Å². The van der Waals surface area contributed by atoms with Crippen molar-refractivity contribution in [3.05, 3.63) is 30.1 Å². The van der Waals surface area contributed by atoms with Gasteiger partial charge in [-0.15, -0.1) is 0 Å². The van der Waals surface area contributed by atoms with E-state index in [1.807, 2.05) is 4.90 Å². The highest BCUT2D eigenvalue weighted by Gasteiger charge is 2.51. The van der Waals surface area contributed by atoms with E-state index in [1.54, 1.807) is 24.5 Å². The summed E-state index contributed by atoms with van der Waals surface area (Å²) in [6.07, 6.45) is 11.5. The summed E-state index contributed by atoms with van der Waals surface area (Å²) < 4.78 is 0. The molecule has 0 bridgehead atoms. The minimum atomic E-state index is -0.0860. The normalized spacial score (nSPS) is 24.6. The molecule has 1 atom stereocenters. The lowest BCUT2D eigenvalue weighted by Crippen LogP contribution is -2.44. The molecule has 1 spiro atoms. The van der Waals surface area contributed by atoms with Gasteiger partial charge in [-0.25, -0.2) is 0 Å². The van der Waals surface area contributed by atoms with Gasteiger partial charge < -0.3 is 15.1 Å².